The van der Waals surface area contributed by atoms with Gasteiger partial charge in [-0.1, -0.05) is 17.7 Å². The number of benzene rings is 2. The standard InChI is InChI=1S/C22H16ClF5N4O5/c23-11-2-1-3-12(25)17(11)29-20(33)10-6-13(26)14(7-15(10)37-16(8-24)18(27)28)32-22(36)31(9-4-5-9)19(30-32)21(34)35/h1-3,6-7,9,16,18H,4-5,8H2,(H,29,33)(H,34,35)/t16-/m0/s1. The largest absolute Gasteiger partial charge is 0.481 e. The predicted molar refractivity (Wildman–Crippen MR) is 119 cm³/mol. The number of carbonyl (C=O) groups is 2. The summed E-state index contributed by atoms with van der Waals surface area (Å²) in [6.07, 6.45) is -4.80. The Balaban J connectivity index is 1.84. The molecule has 1 aliphatic rings. The molecule has 1 aromatic heterocycles. The molecule has 37 heavy (non-hydrogen) atoms. The molecule has 0 bridgehead atoms. The summed E-state index contributed by atoms with van der Waals surface area (Å²) >= 11 is 5.87. The van der Waals surface area contributed by atoms with Crippen LogP contribution in [0.25, 0.3) is 5.69 Å². The van der Waals surface area contributed by atoms with E-state index in [0.717, 1.165) is 10.6 Å². The zero-order valence-electron chi connectivity index (χ0n) is 18.4. The Morgan fingerprint density at radius 3 is 2.49 bits per heavy atom. The number of carbonyl (C=O) groups excluding carboxylic acids is 1. The molecule has 0 spiro atoms. The van der Waals surface area contributed by atoms with Gasteiger partial charge >= 0.3 is 11.7 Å². The molecule has 9 nitrogen and oxygen atoms in total. The molecule has 3 aromatic rings. The number of carboxylic acids is 1. The molecule has 1 fully saturated rings. The number of hydrogen-bond acceptors (Lipinski definition) is 5. The first-order valence-corrected chi connectivity index (χ1v) is 11.0. The van der Waals surface area contributed by atoms with Gasteiger partial charge in [0.25, 0.3) is 12.3 Å². The van der Waals surface area contributed by atoms with Crippen LogP contribution in [0.2, 0.25) is 5.02 Å². The smallest absolute Gasteiger partial charge is 0.374 e. The third kappa shape index (κ3) is 5.14. The number of carboxylic acid groups (broad SMARTS) is 1. The first kappa shape index (κ1) is 26.1. The van der Waals surface area contributed by atoms with Crippen LogP contribution in [0.4, 0.5) is 27.6 Å². The van der Waals surface area contributed by atoms with Gasteiger partial charge in [0.15, 0.2) is 6.10 Å². The van der Waals surface area contributed by atoms with Gasteiger partial charge in [-0.15, -0.1) is 5.10 Å². The zero-order valence-corrected chi connectivity index (χ0v) is 19.2. The molecule has 0 saturated heterocycles. The summed E-state index contributed by atoms with van der Waals surface area (Å²) in [5, 5.41) is 14.8. The van der Waals surface area contributed by atoms with Crippen LogP contribution < -0.4 is 15.7 Å². The molecule has 1 atom stereocenters. The highest BCUT2D eigenvalue weighted by atomic mass is 35.5. The monoisotopic (exact) mass is 546 g/mol. The second-order valence-corrected chi connectivity index (χ2v) is 8.33. The van der Waals surface area contributed by atoms with Gasteiger partial charge in [0.2, 0.25) is 5.82 Å². The van der Waals surface area contributed by atoms with Crippen molar-refractivity contribution < 1.29 is 41.4 Å². The van der Waals surface area contributed by atoms with E-state index in [2.05, 4.69) is 10.4 Å². The Morgan fingerprint density at radius 2 is 1.92 bits per heavy atom. The normalized spacial score (nSPS) is 14.0. The van der Waals surface area contributed by atoms with E-state index in [9.17, 15) is 37.1 Å². The van der Waals surface area contributed by atoms with E-state index in [-0.39, 0.29) is 5.02 Å². The lowest BCUT2D eigenvalue weighted by molar-refractivity contribution is -0.00159. The van der Waals surface area contributed by atoms with Crippen molar-refractivity contribution in [3.63, 3.8) is 0 Å². The first-order valence-electron chi connectivity index (χ1n) is 10.6. The number of nitrogens with zero attached hydrogens (tertiary/aromatic N) is 3. The topological polar surface area (TPSA) is 115 Å². The molecule has 0 aliphatic heterocycles. The van der Waals surface area contributed by atoms with Crippen molar-refractivity contribution >= 4 is 29.2 Å². The first-order chi connectivity index (χ1) is 17.5. The van der Waals surface area contributed by atoms with E-state index >= 15 is 4.39 Å². The van der Waals surface area contributed by atoms with Gasteiger partial charge in [-0.25, -0.2) is 31.5 Å². The van der Waals surface area contributed by atoms with Crippen LogP contribution in [-0.4, -0.2) is 50.5 Å². The van der Waals surface area contributed by atoms with Gasteiger partial charge in [0, 0.05) is 12.1 Å². The van der Waals surface area contributed by atoms with Crippen LogP contribution in [0.3, 0.4) is 0 Å². The molecule has 2 N–H and O–H groups in total. The van der Waals surface area contributed by atoms with Crippen LogP contribution in [0.5, 0.6) is 5.75 Å². The van der Waals surface area contributed by atoms with Gasteiger partial charge in [-0.3, -0.25) is 9.36 Å². The fraction of sp³-hybridized carbons (Fsp3) is 0.273. The maximum atomic E-state index is 15.2. The molecule has 15 heteroatoms. The molecule has 1 heterocycles. The number of hydrogen-bond donors (Lipinski definition) is 2. The SMILES string of the molecule is O=C(Nc1c(F)cccc1Cl)c1cc(F)c(-n2nc(C(=O)O)n(C3CC3)c2=O)cc1O[C@@H](CF)C(F)F. The third-order valence-electron chi connectivity index (χ3n) is 5.35. The van der Waals surface area contributed by atoms with E-state index in [1.54, 1.807) is 0 Å². The zero-order chi connectivity index (χ0) is 27.0. The maximum Gasteiger partial charge on any atom is 0.374 e. The third-order valence-corrected chi connectivity index (χ3v) is 5.66. The minimum absolute atomic E-state index is 0.236. The fourth-order valence-electron chi connectivity index (χ4n) is 3.43. The molecule has 196 valence electrons. The molecule has 0 unspecified atom stereocenters. The predicted octanol–water partition coefficient (Wildman–Crippen LogP) is 4.23. The van der Waals surface area contributed by atoms with Crippen LogP contribution in [0.15, 0.2) is 35.1 Å². The minimum Gasteiger partial charge on any atom is -0.481 e. The van der Waals surface area contributed by atoms with E-state index in [1.165, 1.54) is 12.1 Å². The Bertz CT molecular complexity index is 1420. The number of alkyl halides is 3. The Labute approximate surface area is 209 Å². The van der Waals surface area contributed by atoms with Crippen molar-refractivity contribution in [2.45, 2.75) is 31.4 Å². The maximum absolute atomic E-state index is 15.2. The summed E-state index contributed by atoms with van der Waals surface area (Å²) in [5.74, 6) is -6.62. The summed E-state index contributed by atoms with van der Waals surface area (Å²) in [7, 11) is 0. The van der Waals surface area contributed by atoms with E-state index in [1.807, 2.05) is 0 Å². The average molecular weight is 547 g/mol. The number of rotatable bonds is 9. The Kier molecular flexibility index (Phi) is 7.21. The summed E-state index contributed by atoms with van der Waals surface area (Å²) in [4.78, 5) is 37.3. The molecule has 1 aliphatic carbocycles. The van der Waals surface area contributed by atoms with Gasteiger partial charge in [-0.05, 0) is 31.0 Å². The quantitative estimate of drug-likeness (QED) is 0.388. The number of ether oxygens (including phenoxy) is 1. The lowest BCUT2D eigenvalue weighted by Gasteiger charge is -2.19. The lowest BCUT2D eigenvalue weighted by Crippen LogP contribution is -2.29. The van der Waals surface area contributed by atoms with Gasteiger partial charge in [0.05, 0.1) is 16.3 Å². The Hall–Kier alpha value is -3.94. The summed E-state index contributed by atoms with van der Waals surface area (Å²) in [6, 6.07) is 4.06. The van der Waals surface area contributed by atoms with Crippen LogP contribution in [0.1, 0.15) is 39.9 Å². The van der Waals surface area contributed by atoms with Crippen molar-refractivity contribution in [1.82, 2.24) is 14.3 Å². The van der Waals surface area contributed by atoms with Crippen LogP contribution >= 0.6 is 11.6 Å². The molecular weight excluding hydrogens is 531 g/mol. The van der Waals surface area contributed by atoms with Gasteiger partial charge in [0.1, 0.15) is 29.7 Å². The average Bonchev–Trinajstić information content (AvgIpc) is 3.62. The number of aromatic nitrogens is 3. The van der Waals surface area contributed by atoms with Gasteiger partial charge < -0.3 is 15.2 Å². The molecule has 1 amide bonds. The lowest BCUT2D eigenvalue weighted by atomic mass is 10.1. The number of amides is 1. The highest BCUT2D eigenvalue weighted by molar-refractivity contribution is 6.34. The summed E-state index contributed by atoms with van der Waals surface area (Å²) < 4.78 is 75.1. The number of anilines is 1. The number of para-hydroxylation sites is 1. The minimum atomic E-state index is -3.37. The van der Waals surface area contributed by atoms with E-state index in [4.69, 9.17) is 16.3 Å². The highest BCUT2D eigenvalue weighted by Gasteiger charge is 2.34. The van der Waals surface area contributed by atoms with Crippen molar-refractivity contribution in [2.24, 2.45) is 0 Å². The van der Waals surface area contributed by atoms with Crippen molar-refractivity contribution in [3.8, 4) is 11.4 Å². The van der Waals surface area contributed by atoms with E-state index in [0.29, 0.717) is 29.7 Å². The van der Waals surface area contributed by atoms with Crippen LogP contribution in [0, 0.1) is 11.6 Å². The number of aromatic carboxylic acids is 1. The van der Waals surface area contributed by atoms with Crippen molar-refractivity contribution in [1.29, 1.82) is 0 Å². The summed E-state index contributed by atoms with van der Waals surface area (Å²) in [5.41, 5.74) is -3.08. The molecule has 2 aromatic carbocycles. The molecule has 1 saturated carbocycles. The molecule has 4 rings (SSSR count). The molecular formula is C22H16ClF5N4O5. The number of nitrogens with one attached hydrogen (secondary N) is 1. The number of halogens is 6. The summed E-state index contributed by atoms with van der Waals surface area (Å²) in [6.45, 7) is -1.70. The van der Waals surface area contributed by atoms with Gasteiger partial charge in [-0.2, -0.15) is 4.68 Å². The van der Waals surface area contributed by atoms with E-state index < -0.39 is 83.0 Å². The second-order valence-electron chi connectivity index (χ2n) is 7.92. The fourth-order valence-corrected chi connectivity index (χ4v) is 3.64. The van der Waals surface area contributed by atoms with Crippen molar-refractivity contribution in [2.75, 3.05) is 12.0 Å². The van der Waals surface area contributed by atoms with Crippen LogP contribution in [-0.2, 0) is 0 Å². The highest BCUT2D eigenvalue weighted by Crippen LogP contribution is 2.35. The van der Waals surface area contributed by atoms with Crippen molar-refractivity contribution in [3.05, 3.63) is 68.9 Å². The Morgan fingerprint density at radius 1 is 1.22 bits per heavy atom. The molecule has 0 radical (unpaired) electrons. The second kappa shape index (κ2) is 10.2.